The van der Waals surface area contributed by atoms with Gasteiger partial charge >= 0.3 is 0 Å². The van der Waals surface area contributed by atoms with Crippen molar-refractivity contribution in [1.82, 2.24) is 14.7 Å². The first-order valence-electron chi connectivity index (χ1n) is 7.38. The number of rotatable bonds is 1. The number of nitrogens with two attached hydrogens (primary N) is 1. The van der Waals surface area contributed by atoms with Gasteiger partial charge in [0.15, 0.2) is 0 Å². The molecule has 1 aromatic rings. The van der Waals surface area contributed by atoms with E-state index in [9.17, 15) is 4.79 Å². The fourth-order valence-corrected chi connectivity index (χ4v) is 4.56. The summed E-state index contributed by atoms with van der Waals surface area (Å²) in [6, 6.07) is 0.342. The van der Waals surface area contributed by atoms with E-state index in [-0.39, 0.29) is 5.92 Å². The highest BCUT2D eigenvalue weighted by atomic mass is 79.9. The monoisotopic (exact) mass is 338 g/mol. The van der Waals surface area contributed by atoms with Gasteiger partial charge in [0, 0.05) is 18.5 Å². The Morgan fingerprint density at radius 2 is 2.20 bits per heavy atom. The van der Waals surface area contributed by atoms with Crippen LogP contribution in [0.25, 0.3) is 0 Å². The van der Waals surface area contributed by atoms with Crippen LogP contribution in [0.15, 0.2) is 10.7 Å². The summed E-state index contributed by atoms with van der Waals surface area (Å²) in [5.41, 5.74) is 7.14. The van der Waals surface area contributed by atoms with Gasteiger partial charge in [-0.25, -0.2) is 0 Å². The fourth-order valence-electron chi connectivity index (χ4n) is 4.14. The Labute approximate surface area is 126 Å². The zero-order valence-corrected chi connectivity index (χ0v) is 12.9. The number of amides is 1. The number of carbonyl (C=O) groups is 1. The normalized spacial score (nSPS) is 35.4. The van der Waals surface area contributed by atoms with Gasteiger partial charge in [-0.3, -0.25) is 9.48 Å². The first kappa shape index (κ1) is 12.8. The molecule has 6 heteroatoms. The summed E-state index contributed by atoms with van der Waals surface area (Å²) in [4.78, 5) is 14.7. The number of fused-ring (bicyclic) bond motifs is 2. The van der Waals surface area contributed by atoms with Crippen LogP contribution in [0.5, 0.6) is 0 Å². The SMILES string of the molecule is NC1CC2CC(C(=O)N3CCn4ncc(Br)c4C3)CC12. The molecule has 20 heavy (non-hydrogen) atoms. The largest absolute Gasteiger partial charge is 0.335 e. The highest BCUT2D eigenvalue weighted by molar-refractivity contribution is 9.10. The van der Waals surface area contributed by atoms with Crippen molar-refractivity contribution in [3.8, 4) is 0 Å². The second-order valence-electron chi connectivity index (χ2n) is 6.41. The van der Waals surface area contributed by atoms with Gasteiger partial charge in [-0.05, 0) is 47.0 Å². The van der Waals surface area contributed by atoms with Crippen molar-refractivity contribution in [2.24, 2.45) is 23.5 Å². The van der Waals surface area contributed by atoms with Gasteiger partial charge in [-0.15, -0.1) is 0 Å². The third kappa shape index (κ3) is 1.84. The molecule has 0 aromatic carbocycles. The minimum atomic E-state index is 0.201. The minimum Gasteiger partial charge on any atom is -0.335 e. The smallest absolute Gasteiger partial charge is 0.226 e. The first-order chi connectivity index (χ1) is 9.63. The molecule has 3 aliphatic rings. The topological polar surface area (TPSA) is 64.2 Å². The predicted octanol–water partition coefficient (Wildman–Crippen LogP) is 1.36. The van der Waals surface area contributed by atoms with E-state index in [4.69, 9.17) is 5.73 Å². The standard InChI is InChI=1S/C14H19BrN4O/c15-11-6-17-19-2-1-18(7-13(11)19)14(20)9-3-8-5-12(16)10(8)4-9/h6,8-10,12H,1-5,7,16H2. The van der Waals surface area contributed by atoms with Crippen molar-refractivity contribution in [1.29, 1.82) is 0 Å². The van der Waals surface area contributed by atoms with Gasteiger partial charge in [0.25, 0.3) is 0 Å². The maximum absolute atomic E-state index is 12.7. The van der Waals surface area contributed by atoms with E-state index in [0.29, 0.717) is 30.3 Å². The lowest BCUT2D eigenvalue weighted by molar-refractivity contribution is -0.137. The molecule has 0 saturated heterocycles. The van der Waals surface area contributed by atoms with Crippen LogP contribution in [-0.2, 0) is 17.9 Å². The lowest BCUT2D eigenvalue weighted by atomic mass is 9.72. The molecule has 1 aromatic heterocycles. The first-order valence-corrected chi connectivity index (χ1v) is 8.17. The number of halogens is 1. The highest BCUT2D eigenvalue weighted by Crippen LogP contribution is 2.49. The van der Waals surface area contributed by atoms with Crippen molar-refractivity contribution in [3.63, 3.8) is 0 Å². The molecule has 4 unspecified atom stereocenters. The molecule has 108 valence electrons. The Morgan fingerprint density at radius 1 is 1.35 bits per heavy atom. The Hall–Kier alpha value is -0.880. The number of hydrogen-bond acceptors (Lipinski definition) is 3. The van der Waals surface area contributed by atoms with Crippen LogP contribution < -0.4 is 5.73 Å². The molecule has 4 atom stereocenters. The Bertz CT molecular complexity index is 557. The molecular weight excluding hydrogens is 320 g/mol. The van der Waals surface area contributed by atoms with Crippen LogP contribution in [0.4, 0.5) is 0 Å². The van der Waals surface area contributed by atoms with Crippen molar-refractivity contribution in [2.75, 3.05) is 6.54 Å². The van der Waals surface area contributed by atoms with Crippen LogP contribution in [0.3, 0.4) is 0 Å². The molecule has 1 amide bonds. The third-order valence-corrected chi connectivity index (χ3v) is 6.02. The molecule has 5 nitrogen and oxygen atoms in total. The van der Waals surface area contributed by atoms with Crippen molar-refractivity contribution in [3.05, 3.63) is 16.4 Å². The number of aromatic nitrogens is 2. The fraction of sp³-hybridized carbons (Fsp3) is 0.714. The second kappa shape index (κ2) is 4.56. The summed E-state index contributed by atoms with van der Waals surface area (Å²) >= 11 is 3.51. The molecule has 4 rings (SSSR count). The van der Waals surface area contributed by atoms with E-state index >= 15 is 0 Å². The number of nitrogens with zero attached hydrogens (tertiary/aromatic N) is 3. The molecule has 2 N–H and O–H groups in total. The lowest BCUT2D eigenvalue weighted by Gasteiger charge is -2.37. The molecule has 2 fully saturated rings. The highest BCUT2D eigenvalue weighted by Gasteiger charge is 2.48. The molecule has 2 heterocycles. The predicted molar refractivity (Wildman–Crippen MR) is 77.6 cm³/mol. The van der Waals surface area contributed by atoms with Gasteiger partial charge in [0.2, 0.25) is 5.91 Å². The maximum atomic E-state index is 12.7. The average Bonchev–Trinajstić information content (AvgIpc) is 2.99. The summed E-state index contributed by atoms with van der Waals surface area (Å²) < 4.78 is 2.99. The van der Waals surface area contributed by atoms with Crippen molar-refractivity contribution >= 4 is 21.8 Å². The van der Waals surface area contributed by atoms with E-state index in [1.54, 1.807) is 0 Å². The minimum absolute atomic E-state index is 0.201. The molecule has 2 saturated carbocycles. The summed E-state index contributed by atoms with van der Waals surface area (Å²) in [7, 11) is 0. The average molecular weight is 339 g/mol. The van der Waals surface area contributed by atoms with Crippen LogP contribution >= 0.6 is 15.9 Å². The van der Waals surface area contributed by atoms with Gasteiger partial charge in [0.05, 0.1) is 29.5 Å². The Balaban J connectivity index is 1.47. The second-order valence-corrected chi connectivity index (χ2v) is 7.27. The van der Waals surface area contributed by atoms with E-state index < -0.39 is 0 Å². The molecule has 0 spiro atoms. The van der Waals surface area contributed by atoms with Crippen molar-refractivity contribution in [2.45, 2.75) is 38.4 Å². The van der Waals surface area contributed by atoms with Gasteiger partial charge in [0.1, 0.15) is 0 Å². The van der Waals surface area contributed by atoms with Crippen LogP contribution in [0.2, 0.25) is 0 Å². The molecule has 0 bridgehead atoms. The van der Waals surface area contributed by atoms with Gasteiger partial charge < -0.3 is 10.6 Å². The van der Waals surface area contributed by atoms with E-state index in [1.165, 1.54) is 0 Å². The maximum Gasteiger partial charge on any atom is 0.226 e. The summed E-state index contributed by atoms with van der Waals surface area (Å²) in [5, 5.41) is 4.31. The quantitative estimate of drug-likeness (QED) is 0.840. The summed E-state index contributed by atoms with van der Waals surface area (Å²) in [5.74, 6) is 1.84. The van der Waals surface area contributed by atoms with E-state index in [1.807, 2.05) is 15.8 Å². The molecular formula is C14H19BrN4O. The Morgan fingerprint density at radius 3 is 2.95 bits per heavy atom. The van der Waals surface area contributed by atoms with E-state index in [2.05, 4.69) is 21.0 Å². The van der Waals surface area contributed by atoms with Crippen LogP contribution in [-0.4, -0.2) is 33.2 Å². The zero-order chi connectivity index (χ0) is 13.9. The Kier molecular flexibility index (Phi) is 2.93. The molecule has 1 aliphatic heterocycles. The van der Waals surface area contributed by atoms with Gasteiger partial charge in [-0.2, -0.15) is 5.10 Å². The third-order valence-electron chi connectivity index (χ3n) is 5.36. The van der Waals surface area contributed by atoms with Crippen molar-refractivity contribution < 1.29 is 4.79 Å². The summed E-state index contributed by atoms with van der Waals surface area (Å²) in [6.07, 6.45) is 4.99. The zero-order valence-electron chi connectivity index (χ0n) is 11.3. The van der Waals surface area contributed by atoms with Crippen LogP contribution in [0.1, 0.15) is 25.0 Å². The summed E-state index contributed by atoms with van der Waals surface area (Å²) in [6.45, 7) is 2.25. The number of carbonyl (C=O) groups excluding carboxylic acids is 1. The number of hydrogen-bond donors (Lipinski definition) is 1. The molecule has 2 aliphatic carbocycles. The van der Waals surface area contributed by atoms with Crippen LogP contribution in [0, 0.1) is 17.8 Å². The lowest BCUT2D eigenvalue weighted by Crippen LogP contribution is -2.44. The van der Waals surface area contributed by atoms with E-state index in [0.717, 1.165) is 42.5 Å². The van der Waals surface area contributed by atoms with Gasteiger partial charge in [-0.1, -0.05) is 0 Å². The molecule has 0 radical (unpaired) electrons.